The first-order valence-electron chi connectivity index (χ1n) is 11.8. The zero-order chi connectivity index (χ0) is 23.9. The fourth-order valence-corrected chi connectivity index (χ4v) is 5.98. The Morgan fingerprint density at radius 2 is 1.83 bits per heavy atom. The van der Waals surface area contributed by atoms with Gasteiger partial charge in [0.2, 0.25) is 0 Å². The third-order valence-corrected chi connectivity index (χ3v) is 7.59. The lowest BCUT2D eigenvalue weighted by atomic mass is 9.83. The monoisotopic (exact) mass is 480 g/mol. The van der Waals surface area contributed by atoms with Gasteiger partial charge in [-0.25, -0.2) is 4.99 Å². The standard InChI is InChI=1S/C29H24N2O3S/c1-2-34-21-14-11-19(12-15-21)27-23-16-13-18-7-3-5-9-22(18)26(23)30-29-31(27)28(33)25(35-29)17-20-8-4-6-10-24(20)32/h3-12,14-15,17,27,32H,2,13,16H2,1H3. The van der Waals surface area contributed by atoms with Crippen molar-refractivity contribution in [3.05, 3.63) is 120 Å². The Hall–Kier alpha value is -3.90. The number of rotatable bonds is 4. The van der Waals surface area contributed by atoms with Crippen LogP contribution in [0.5, 0.6) is 11.5 Å². The van der Waals surface area contributed by atoms with Gasteiger partial charge in [0, 0.05) is 11.1 Å². The van der Waals surface area contributed by atoms with Gasteiger partial charge in [-0.05, 0) is 60.7 Å². The smallest absolute Gasteiger partial charge is 0.271 e. The van der Waals surface area contributed by atoms with Crippen LogP contribution in [0.2, 0.25) is 0 Å². The molecule has 5 nitrogen and oxygen atoms in total. The Kier molecular flexibility index (Phi) is 5.38. The van der Waals surface area contributed by atoms with Crippen LogP contribution in [-0.4, -0.2) is 16.3 Å². The molecule has 3 aromatic carbocycles. The molecule has 1 N–H and O–H groups in total. The van der Waals surface area contributed by atoms with Crippen molar-refractivity contribution in [2.24, 2.45) is 4.99 Å². The molecule has 35 heavy (non-hydrogen) atoms. The number of phenols is 1. The predicted molar refractivity (Wildman–Crippen MR) is 138 cm³/mol. The number of fused-ring (bicyclic) bond motifs is 3. The van der Waals surface area contributed by atoms with Crippen molar-refractivity contribution in [1.29, 1.82) is 0 Å². The van der Waals surface area contributed by atoms with Crippen LogP contribution in [0.4, 0.5) is 0 Å². The van der Waals surface area contributed by atoms with Crippen molar-refractivity contribution in [3.8, 4) is 11.5 Å². The lowest BCUT2D eigenvalue weighted by Crippen LogP contribution is -2.38. The van der Waals surface area contributed by atoms with Crippen LogP contribution in [0, 0.1) is 0 Å². The number of ether oxygens (including phenoxy) is 1. The molecule has 0 amide bonds. The SMILES string of the molecule is CCOc1ccc(C2C3=C(N=c4sc(=Cc5ccccc5O)c(=O)n42)c2ccccc2CC3)cc1. The van der Waals surface area contributed by atoms with Gasteiger partial charge in [-0.2, -0.15) is 0 Å². The number of hydrogen-bond donors (Lipinski definition) is 1. The molecule has 0 saturated heterocycles. The van der Waals surface area contributed by atoms with E-state index in [1.807, 2.05) is 47.9 Å². The maximum Gasteiger partial charge on any atom is 0.271 e. The number of aromatic nitrogens is 1. The van der Waals surface area contributed by atoms with Crippen molar-refractivity contribution in [2.75, 3.05) is 6.61 Å². The van der Waals surface area contributed by atoms with Crippen LogP contribution in [0.25, 0.3) is 11.8 Å². The molecule has 2 aliphatic rings. The molecule has 0 spiro atoms. The van der Waals surface area contributed by atoms with E-state index in [4.69, 9.17) is 9.73 Å². The largest absolute Gasteiger partial charge is 0.507 e. The third-order valence-electron chi connectivity index (χ3n) is 6.60. The molecule has 4 aromatic rings. The number of phenolic OH excluding ortho intramolecular Hbond substituents is 1. The molecule has 1 aliphatic carbocycles. The van der Waals surface area contributed by atoms with Crippen LogP contribution < -0.4 is 19.6 Å². The van der Waals surface area contributed by atoms with Gasteiger partial charge in [0.15, 0.2) is 4.80 Å². The van der Waals surface area contributed by atoms with Gasteiger partial charge in [-0.15, -0.1) is 0 Å². The van der Waals surface area contributed by atoms with Gasteiger partial charge in [0.1, 0.15) is 11.5 Å². The molecular weight excluding hydrogens is 456 g/mol. The fourth-order valence-electron chi connectivity index (χ4n) is 4.99. The lowest BCUT2D eigenvalue weighted by Gasteiger charge is -2.30. The molecular formula is C29H24N2O3S. The average Bonchev–Trinajstić information content (AvgIpc) is 3.19. The van der Waals surface area contributed by atoms with Gasteiger partial charge < -0.3 is 9.84 Å². The Bertz CT molecular complexity index is 1640. The first kappa shape index (κ1) is 21.6. The maximum absolute atomic E-state index is 13.8. The number of aryl methyl sites for hydroxylation is 1. The second-order valence-electron chi connectivity index (χ2n) is 8.67. The van der Waals surface area contributed by atoms with Crippen LogP contribution in [-0.2, 0) is 6.42 Å². The van der Waals surface area contributed by atoms with Crippen molar-refractivity contribution >= 4 is 23.1 Å². The molecule has 1 unspecified atom stereocenters. The molecule has 1 aromatic heterocycles. The molecule has 0 bridgehead atoms. The normalized spacial score (nSPS) is 16.8. The number of hydrogen-bond acceptors (Lipinski definition) is 5. The predicted octanol–water partition coefficient (Wildman–Crippen LogP) is 4.42. The Balaban J connectivity index is 1.60. The second kappa shape index (κ2) is 8.71. The molecule has 6 heteroatoms. The summed E-state index contributed by atoms with van der Waals surface area (Å²) < 4.78 is 8.02. The minimum atomic E-state index is -0.239. The zero-order valence-corrected chi connectivity index (χ0v) is 20.1. The van der Waals surface area contributed by atoms with Crippen LogP contribution in [0.1, 0.15) is 41.6 Å². The highest BCUT2D eigenvalue weighted by molar-refractivity contribution is 7.07. The Morgan fingerprint density at radius 1 is 1.06 bits per heavy atom. The topological polar surface area (TPSA) is 63.8 Å². The van der Waals surface area contributed by atoms with Gasteiger partial charge >= 0.3 is 0 Å². The highest BCUT2D eigenvalue weighted by atomic mass is 32.1. The molecule has 1 atom stereocenters. The van der Waals surface area contributed by atoms with Gasteiger partial charge in [-0.1, -0.05) is 65.9 Å². The average molecular weight is 481 g/mol. The first-order chi connectivity index (χ1) is 17.1. The Morgan fingerprint density at radius 3 is 2.63 bits per heavy atom. The van der Waals surface area contributed by atoms with E-state index in [1.165, 1.54) is 16.9 Å². The van der Waals surface area contributed by atoms with E-state index in [-0.39, 0.29) is 17.4 Å². The minimum absolute atomic E-state index is 0.0960. The first-order valence-corrected chi connectivity index (χ1v) is 12.6. The number of thiazole rings is 1. The summed E-state index contributed by atoms with van der Waals surface area (Å²) in [5, 5.41) is 10.3. The summed E-state index contributed by atoms with van der Waals surface area (Å²) in [7, 11) is 0. The van der Waals surface area contributed by atoms with E-state index in [9.17, 15) is 9.90 Å². The molecule has 174 valence electrons. The van der Waals surface area contributed by atoms with Crippen molar-refractivity contribution in [1.82, 2.24) is 4.57 Å². The number of benzene rings is 3. The summed E-state index contributed by atoms with van der Waals surface area (Å²) in [6, 6.07) is 23.2. The molecule has 0 fully saturated rings. The highest BCUT2D eigenvalue weighted by Gasteiger charge is 2.32. The molecule has 0 saturated carbocycles. The summed E-state index contributed by atoms with van der Waals surface area (Å²) in [5.41, 5.74) is 6.11. The summed E-state index contributed by atoms with van der Waals surface area (Å²) in [4.78, 5) is 19.5. The van der Waals surface area contributed by atoms with E-state index in [1.54, 1.807) is 24.3 Å². The molecule has 1 aliphatic heterocycles. The second-order valence-corrected chi connectivity index (χ2v) is 9.68. The van der Waals surface area contributed by atoms with Crippen LogP contribution in [0.15, 0.2) is 88.2 Å². The van der Waals surface area contributed by atoms with Crippen molar-refractivity contribution in [3.63, 3.8) is 0 Å². The van der Waals surface area contributed by atoms with Crippen molar-refractivity contribution in [2.45, 2.75) is 25.8 Å². The summed E-state index contributed by atoms with van der Waals surface area (Å²) >= 11 is 1.36. The quantitative estimate of drug-likeness (QED) is 0.470. The van der Waals surface area contributed by atoms with E-state index in [2.05, 4.69) is 18.2 Å². The lowest BCUT2D eigenvalue weighted by molar-refractivity contribution is 0.340. The number of nitrogens with zero attached hydrogens (tertiary/aromatic N) is 2. The van der Waals surface area contributed by atoms with Crippen molar-refractivity contribution < 1.29 is 9.84 Å². The highest BCUT2D eigenvalue weighted by Crippen LogP contribution is 2.41. The minimum Gasteiger partial charge on any atom is -0.507 e. The van der Waals surface area contributed by atoms with E-state index in [0.29, 0.717) is 21.5 Å². The van der Waals surface area contributed by atoms with E-state index >= 15 is 0 Å². The fraction of sp³-hybridized carbons (Fsp3) is 0.172. The Labute approximate surface area is 206 Å². The zero-order valence-electron chi connectivity index (χ0n) is 19.3. The van der Waals surface area contributed by atoms with Crippen LogP contribution >= 0.6 is 11.3 Å². The van der Waals surface area contributed by atoms with Crippen LogP contribution in [0.3, 0.4) is 0 Å². The number of allylic oxidation sites excluding steroid dienone is 1. The van der Waals surface area contributed by atoms with E-state index in [0.717, 1.165) is 41.0 Å². The summed E-state index contributed by atoms with van der Waals surface area (Å²) in [6.45, 7) is 2.57. The number of para-hydroxylation sites is 1. The summed E-state index contributed by atoms with van der Waals surface area (Å²) in [6.07, 6.45) is 3.52. The molecule has 6 rings (SSSR count). The van der Waals surface area contributed by atoms with Gasteiger partial charge in [0.25, 0.3) is 5.56 Å². The summed E-state index contributed by atoms with van der Waals surface area (Å²) in [5.74, 6) is 0.959. The molecule has 0 radical (unpaired) electrons. The van der Waals surface area contributed by atoms with E-state index < -0.39 is 0 Å². The maximum atomic E-state index is 13.8. The number of aromatic hydroxyl groups is 1. The van der Waals surface area contributed by atoms with Gasteiger partial charge in [-0.3, -0.25) is 9.36 Å². The van der Waals surface area contributed by atoms with Gasteiger partial charge in [0.05, 0.1) is 22.9 Å². The molecule has 2 heterocycles. The third kappa shape index (κ3) is 3.70.